The van der Waals surface area contributed by atoms with Crippen LogP contribution in [-0.2, 0) is 6.54 Å². The summed E-state index contributed by atoms with van der Waals surface area (Å²) in [4.78, 5) is 35.9. The van der Waals surface area contributed by atoms with E-state index >= 15 is 0 Å². The largest absolute Gasteiger partial charge is 0.459 e. The third-order valence-corrected chi connectivity index (χ3v) is 3.72. The summed E-state index contributed by atoms with van der Waals surface area (Å²) < 4.78 is 6.21. The Kier molecular flexibility index (Phi) is 5.78. The molecule has 1 aromatic carbocycles. The van der Waals surface area contributed by atoms with Crippen molar-refractivity contribution in [1.29, 1.82) is 0 Å². The molecule has 0 aliphatic heterocycles. The third kappa shape index (κ3) is 4.91. The highest BCUT2D eigenvalue weighted by Gasteiger charge is 2.11. The van der Waals surface area contributed by atoms with Gasteiger partial charge < -0.3 is 15.1 Å². The number of aromatic nitrogens is 2. The molecule has 2 heterocycles. The standard InChI is InChI=1S/C19H18N4O4/c24-17-9-8-15(22-23(17)13-14-5-2-1-3-6-14)18(25)20-10-11-21-19(26)16-7-4-12-27-16/h1-9,12H,10-11,13H2,(H,20,25)(H,21,26). The Balaban J connectivity index is 1.54. The predicted molar refractivity (Wildman–Crippen MR) is 97.4 cm³/mol. The van der Waals surface area contributed by atoms with Crippen LogP contribution in [0.3, 0.4) is 0 Å². The molecule has 27 heavy (non-hydrogen) atoms. The molecule has 0 aliphatic rings. The van der Waals surface area contributed by atoms with Gasteiger partial charge in [0.1, 0.15) is 5.69 Å². The minimum absolute atomic E-state index is 0.128. The Labute approximate surface area is 154 Å². The van der Waals surface area contributed by atoms with Crippen LogP contribution < -0.4 is 16.2 Å². The summed E-state index contributed by atoms with van der Waals surface area (Å²) in [5, 5.41) is 9.38. The van der Waals surface area contributed by atoms with Gasteiger partial charge in [-0.25, -0.2) is 4.68 Å². The molecule has 8 heteroatoms. The number of amides is 2. The van der Waals surface area contributed by atoms with Crippen molar-refractivity contribution in [2.45, 2.75) is 6.54 Å². The van der Waals surface area contributed by atoms with E-state index < -0.39 is 5.91 Å². The highest BCUT2D eigenvalue weighted by molar-refractivity contribution is 5.92. The van der Waals surface area contributed by atoms with Gasteiger partial charge in [0.25, 0.3) is 17.4 Å². The smallest absolute Gasteiger partial charge is 0.287 e. The molecule has 0 radical (unpaired) electrons. The maximum absolute atomic E-state index is 12.2. The van der Waals surface area contributed by atoms with Gasteiger partial charge in [0.05, 0.1) is 12.8 Å². The molecule has 0 bridgehead atoms. The number of nitrogens with one attached hydrogen (secondary N) is 2. The van der Waals surface area contributed by atoms with Crippen molar-refractivity contribution in [2.75, 3.05) is 13.1 Å². The Morgan fingerprint density at radius 1 is 0.926 bits per heavy atom. The van der Waals surface area contributed by atoms with Crippen LogP contribution in [0.4, 0.5) is 0 Å². The van der Waals surface area contributed by atoms with Gasteiger partial charge in [-0.3, -0.25) is 14.4 Å². The molecule has 2 aromatic heterocycles. The van der Waals surface area contributed by atoms with E-state index in [0.717, 1.165) is 5.56 Å². The van der Waals surface area contributed by atoms with E-state index in [1.807, 2.05) is 30.3 Å². The van der Waals surface area contributed by atoms with Crippen molar-refractivity contribution in [1.82, 2.24) is 20.4 Å². The number of carbonyl (C=O) groups is 2. The Morgan fingerprint density at radius 3 is 2.37 bits per heavy atom. The minimum Gasteiger partial charge on any atom is -0.459 e. The number of rotatable bonds is 7. The molecule has 0 aliphatic carbocycles. The highest BCUT2D eigenvalue weighted by atomic mass is 16.3. The Hall–Kier alpha value is -3.68. The maximum atomic E-state index is 12.2. The fourth-order valence-corrected chi connectivity index (χ4v) is 2.38. The first-order chi connectivity index (χ1) is 13.1. The summed E-state index contributed by atoms with van der Waals surface area (Å²) in [5.41, 5.74) is 0.745. The van der Waals surface area contributed by atoms with Crippen LogP contribution in [0.2, 0.25) is 0 Å². The van der Waals surface area contributed by atoms with Gasteiger partial charge in [-0.1, -0.05) is 30.3 Å². The first kappa shape index (κ1) is 18.1. The molecule has 3 rings (SSSR count). The molecule has 3 aromatic rings. The van der Waals surface area contributed by atoms with Crippen molar-refractivity contribution in [2.24, 2.45) is 0 Å². The van der Waals surface area contributed by atoms with Gasteiger partial charge in [0.15, 0.2) is 5.76 Å². The molecule has 0 unspecified atom stereocenters. The lowest BCUT2D eigenvalue weighted by molar-refractivity contribution is 0.0908. The molecule has 2 amide bonds. The summed E-state index contributed by atoms with van der Waals surface area (Å²) >= 11 is 0. The van der Waals surface area contributed by atoms with Gasteiger partial charge in [-0.05, 0) is 23.8 Å². The van der Waals surface area contributed by atoms with Crippen molar-refractivity contribution < 1.29 is 14.0 Å². The van der Waals surface area contributed by atoms with E-state index in [4.69, 9.17) is 4.42 Å². The van der Waals surface area contributed by atoms with Gasteiger partial charge in [0, 0.05) is 19.2 Å². The van der Waals surface area contributed by atoms with E-state index in [9.17, 15) is 14.4 Å². The van der Waals surface area contributed by atoms with Crippen molar-refractivity contribution in [3.8, 4) is 0 Å². The van der Waals surface area contributed by atoms with Crippen molar-refractivity contribution >= 4 is 11.8 Å². The van der Waals surface area contributed by atoms with E-state index in [1.54, 1.807) is 12.1 Å². The number of benzene rings is 1. The Morgan fingerprint density at radius 2 is 1.67 bits per heavy atom. The number of furan rings is 1. The van der Waals surface area contributed by atoms with E-state index in [1.165, 1.54) is 23.1 Å². The summed E-state index contributed by atoms with van der Waals surface area (Å²) in [6.07, 6.45) is 1.41. The number of nitrogens with zero attached hydrogens (tertiary/aromatic N) is 2. The molecule has 0 atom stereocenters. The van der Waals surface area contributed by atoms with Crippen LogP contribution >= 0.6 is 0 Å². The zero-order chi connectivity index (χ0) is 19.1. The SMILES string of the molecule is O=C(NCCNC(=O)c1ccco1)c1ccc(=O)n(Cc2ccccc2)n1. The minimum atomic E-state index is -0.427. The van der Waals surface area contributed by atoms with Crippen molar-refractivity contribution in [3.05, 3.63) is 88.2 Å². The molecule has 0 saturated carbocycles. The lowest BCUT2D eigenvalue weighted by Crippen LogP contribution is -2.36. The first-order valence-electron chi connectivity index (χ1n) is 8.35. The van der Waals surface area contributed by atoms with Gasteiger partial charge in [-0.2, -0.15) is 5.10 Å². The van der Waals surface area contributed by atoms with E-state index in [2.05, 4.69) is 15.7 Å². The average molecular weight is 366 g/mol. The zero-order valence-electron chi connectivity index (χ0n) is 14.4. The number of hydrogen-bond donors (Lipinski definition) is 2. The fraction of sp³-hybridized carbons (Fsp3) is 0.158. The van der Waals surface area contributed by atoms with E-state index in [0.29, 0.717) is 0 Å². The van der Waals surface area contributed by atoms with Crippen LogP contribution in [0.1, 0.15) is 26.6 Å². The zero-order valence-corrected chi connectivity index (χ0v) is 14.4. The molecule has 0 fully saturated rings. The number of hydrogen-bond acceptors (Lipinski definition) is 5. The van der Waals surface area contributed by atoms with Crippen LogP contribution in [0.25, 0.3) is 0 Å². The van der Waals surface area contributed by atoms with Crippen LogP contribution in [0.15, 0.2) is 70.1 Å². The summed E-state index contributed by atoms with van der Waals surface area (Å²) in [7, 11) is 0. The molecule has 0 spiro atoms. The van der Waals surface area contributed by atoms with Crippen LogP contribution in [0, 0.1) is 0 Å². The second kappa shape index (κ2) is 8.61. The predicted octanol–water partition coefficient (Wildman–Crippen LogP) is 1.04. The molecule has 138 valence electrons. The quantitative estimate of drug-likeness (QED) is 0.608. The normalized spacial score (nSPS) is 10.4. The summed E-state index contributed by atoms with van der Waals surface area (Å²) in [5.74, 6) is -0.580. The molecule has 0 saturated heterocycles. The first-order valence-corrected chi connectivity index (χ1v) is 8.35. The lowest BCUT2D eigenvalue weighted by atomic mass is 10.2. The summed E-state index contributed by atoms with van der Waals surface area (Å²) in [6.45, 7) is 0.722. The monoisotopic (exact) mass is 366 g/mol. The van der Waals surface area contributed by atoms with Gasteiger partial charge in [-0.15, -0.1) is 0 Å². The number of carbonyl (C=O) groups excluding carboxylic acids is 2. The fourth-order valence-electron chi connectivity index (χ4n) is 2.38. The Bertz CT molecular complexity index is 965. The summed E-state index contributed by atoms with van der Waals surface area (Å²) in [6, 6.07) is 15.2. The second-order valence-electron chi connectivity index (χ2n) is 5.69. The second-order valence-corrected chi connectivity index (χ2v) is 5.69. The molecular weight excluding hydrogens is 348 g/mol. The van der Waals surface area contributed by atoms with Crippen LogP contribution in [-0.4, -0.2) is 34.7 Å². The van der Waals surface area contributed by atoms with Crippen LogP contribution in [0.5, 0.6) is 0 Å². The maximum Gasteiger partial charge on any atom is 0.287 e. The van der Waals surface area contributed by atoms with E-state index in [-0.39, 0.29) is 42.6 Å². The third-order valence-electron chi connectivity index (χ3n) is 3.72. The highest BCUT2D eigenvalue weighted by Crippen LogP contribution is 2.00. The lowest BCUT2D eigenvalue weighted by Gasteiger charge is -2.08. The molecule has 2 N–H and O–H groups in total. The van der Waals surface area contributed by atoms with Crippen molar-refractivity contribution in [3.63, 3.8) is 0 Å². The average Bonchev–Trinajstić information content (AvgIpc) is 3.22. The van der Waals surface area contributed by atoms with Gasteiger partial charge in [0.2, 0.25) is 0 Å². The van der Waals surface area contributed by atoms with Gasteiger partial charge >= 0.3 is 0 Å². The topological polar surface area (TPSA) is 106 Å². The molecule has 8 nitrogen and oxygen atoms in total. The molecular formula is C19H18N4O4.